The molecule has 3 rings (SSSR count). The van der Waals surface area contributed by atoms with E-state index in [2.05, 4.69) is 11.1 Å². The Bertz CT molecular complexity index is 788. The molecular weight excluding hydrogens is 356 g/mol. The molecule has 6 heteroatoms. The molecule has 150 valence electrons. The lowest BCUT2D eigenvalue weighted by Crippen LogP contribution is -3.14. The molecule has 1 saturated heterocycles. The number of ether oxygens (including phenoxy) is 3. The van der Waals surface area contributed by atoms with Crippen LogP contribution in [0.25, 0.3) is 0 Å². The standard InChI is InChI=1S/C22H28N2O4/c1-3-28-21-9-8-17(14-22(21)26-2)19(24-10-12-27-13-11-24)16-23-15-18-6-4-5-7-20(18)25/h4-9,14-15,19,25H,3,10-13,16H2,1-2H3/p+1/t19-/m1/s1. The van der Waals surface area contributed by atoms with Crippen molar-refractivity contribution in [2.75, 3.05) is 46.6 Å². The second kappa shape index (κ2) is 10.1. The zero-order valence-electron chi connectivity index (χ0n) is 16.6. The molecule has 28 heavy (non-hydrogen) atoms. The molecule has 1 atom stereocenters. The molecule has 0 radical (unpaired) electrons. The molecule has 0 aliphatic carbocycles. The summed E-state index contributed by atoms with van der Waals surface area (Å²) in [5, 5.41) is 9.95. The van der Waals surface area contributed by atoms with E-state index in [4.69, 9.17) is 14.2 Å². The number of rotatable bonds is 8. The Labute approximate surface area is 166 Å². The SMILES string of the molecule is CCOc1ccc([C@@H](CN=Cc2ccccc2O)[NH+]2CCOCC2)cc1OC. The summed E-state index contributed by atoms with van der Waals surface area (Å²) in [6.45, 7) is 6.55. The molecule has 1 heterocycles. The number of aromatic hydroxyl groups is 1. The van der Waals surface area contributed by atoms with Gasteiger partial charge in [-0.15, -0.1) is 0 Å². The first-order chi connectivity index (χ1) is 13.7. The number of hydrogen-bond acceptors (Lipinski definition) is 5. The van der Waals surface area contributed by atoms with Crippen molar-refractivity contribution < 1.29 is 24.2 Å². The largest absolute Gasteiger partial charge is 0.507 e. The Balaban J connectivity index is 1.83. The molecule has 0 bridgehead atoms. The van der Waals surface area contributed by atoms with Gasteiger partial charge in [-0.2, -0.15) is 0 Å². The maximum Gasteiger partial charge on any atom is 0.161 e. The Hall–Kier alpha value is -2.57. The predicted molar refractivity (Wildman–Crippen MR) is 109 cm³/mol. The average Bonchev–Trinajstić information content (AvgIpc) is 2.74. The van der Waals surface area contributed by atoms with Crippen molar-refractivity contribution in [2.24, 2.45) is 4.99 Å². The number of nitrogens with zero attached hydrogens (tertiary/aromatic N) is 1. The molecule has 1 fully saturated rings. The molecule has 6 nitrogen and oxygen atoms in total. The summed E-state index contributed by atoms with van der Waals surface area (Å²) in [6, 6.07) is 13.5. The van der Waals surface area contributed by atoms with Gasteiger partial charge in [0.15, 0.2) is 11.5 Å². The van der Waals surface area contributed by atoms with Gasteiger partial charge in [-0.05, 0) is 37.3 Å². The van der Waals surface area contributed by atoms with E-state index in [1.807, 2.05) is 31.2 Å². The lowest BCUT2D eigenvalue weighted by atomic mass is 10.0. The van der Waals surface area contributed by atoms with Crippen LogP contribution in [0.15, 0.2) is 47.5 Å². The quantitative estimate of drug-likeness (QED) is 0.681. The summed E-state index contributed by atoms with van der Waals surface area (Å²) >= 11 is 0. The molecule has 2 aromatic rings. The van der Waals surface area contributed by atoms with E-state index < -0.39 is 0 Å². The molecule has 0 aromatic heterocycles. The van der Waals surface area contributed by atoms with Crippen LogP contribution in [0.2, 0.25) is 0 Å². The molecule has 2 N–H and O–H groups in total. The highest BCUT2D eigenvalue weighted by molar-refractivity contribution is 5.83. The molecule has 0 spiro atoms. The third-order valence-corrected chi connectivity index (χ3v) is 4.97. The summed E-state index contributed by atoms with van der Waals surface area (Å²) in [5.41, 5.74) is 1.88. The van der Waals surface area contributed by atoms with E-state index in [9.17, 15) is 5.11 Å². The minimum atomic E-state index is 0.176. The molecule has 2 aromatic carbocycles. The van der Waals surface area contributed by atoms with Crippen LogP contribution in [0.1, 0.15) is 24.1 Å². The Morgan fingerprint density at radius 2 is 1.96 bits per heavy atom. The van der Waals surface area contributed by atoms with Crippen LogP contribution in [0, 0.1) is 0 Å². The Morgan fingerprint density at radius 3 is 2.68 bits per heavy atom. The van der Waals surface area contributed by atoms with Gasteiger partial charge in [0.05, 0.1) is 33.5 Å². The number of hydrogen-bond donors (Lipinski definition) is 2. The molecule has 1 aliphatic rings. The minimum Gasteiger partial charge on any atom is -0.507 e. The normalized spacial score (nSPS) is 16.2. The van der Waals surface area contributed by atoms with E-state index >= 15 is 0 Å². The second-order valence-electron chi connectivity index (χ2n) is 6.72. The van der Waals surface area contributed by atoms with Gasteiger partial charge in [-0.25, -0.2) is 0 Å². The van der Waals surface area contributed by atoms with Crippen LogP contribution in [0.4, 0.5) is 0 Å². The number of aliphatic imine (C=N–C) groups is 1. The van der Waals surface area contributed by atoms with E-state index in [1.54, 1.807) is 25.5 Å². The van der Waals surface area contributed by atoms with Crippen molar-refractivity contribution in [1.82, 2.24) is 0 Å². The number of methoxy groups -OCH3 is 1. The van der Waals surface area contributed by atoms with Crippen LogP contribution >= 0.6 is 0 Å². The lowest BCUT2D eigenvalue weighted by molar-refractivity contribution is -0.937. The molecule has 1 aliphatic heterocycles. The number of morpholine rings is 1. The lowest BCUT2D eigenvalue weighted by Gasteiger charge is -2.31. The smallest absolute Gasteiger partial charge is 0.161 e. The van der Waals surface area contributed by atoms with Crippen LogP contribution in [-0.4, -0.2) is 57.9 Å². The number of quaternary nitrogens is 1. The van der Waals surface area contributed by atoms with Crippen molar-refractivity contribution in [1.29, 1.82) is 0 Å². The van der Waals surface area contributed by atoms with Gasteiger partial charge in [-0.1, -0.05) is 12.1 Å². The zero-order chi connectivity index (χ0) is 19.8. The Morgan fingerprint density at radius 1 is 1.18 bits per heavy atom. The minimum absolute atomic E-state index is 0.176. The second-order valence-corrected chi connectivity index (χ2v) is 6.72. The van der Waals surface area contributed by atoms with Crippen LogP contribution in [-0.2, 0) is 4.74 Å². The van der Waals surface area contributed by atoms with Gasteiger partial charge in [0, 0.05) is 17.3 Å². The number of para-hydroxylation sites is 1. The summed E-state index contributed by atoms with van der Waals surface area (Å²) in [6.07, 6.45) is 1.74. The topological polar surface area (TPSA) is 64.7 Å². The van der Waals surface area contributed by atoms with Gasteiger partial charge in [0.2, 0.25) is 0 Å². The third kappa shape index (κ3) is 5.03. The van der Waals surface area contributed by atoms with Gasteiger partial charge >= 0.3 is 0 Å². The Kier molecular flexibility index (Phi) is 7.28. The average molecular weight is 385 g/mol. The van der Waals surface area contributed by atoms with Crippen LogP contribution in [0.5, 0.6) is 17.2 Å². The van der Waals surface area contributed by atoms with Crippen LogP contribution in [0.3, 0.4) is 0 Å². The maximum absolute atomic E-state index is 9.95. The van der Waals surface area contributed by atoms with Crippen LogP contribution < -0.4 is 14.4 Å². The van der Waals surface area contributed by atoms with Crippen molar-refractivity contribution in [3.05, 3.63) is 53.6 Å². The summed E-state index contributed by atoms with van der Waals surface area (Å²) in [4.78, 5) is 6.09. The van der Waals surface area contributed by atoms with Gasteiger partial charge in [0.1, 0.15) is 24.9 Å². The van der Waals surface area contributed by atoms with E-state index in [1.165, 1.54) is 4.90 Å². The number of phenolic OH excluding ortho intramolecular Hbond substituents is 1. The first-order valence-corrected chi connectivity index (χ1v) is 9.73. The predicted octanol–water partition coefficient (Wildman–Crippen LogP) is 1.87. The molecule has 0 saturated carbocycles. The van der Waals surface area contributed by atoms with Crippen molar-refractivity contribution in [3.8, 4) is 17.2 Å². The highest BCUT2D eigenvalue weighted by atomic mass is 16.5. The number of benzene rings is 2. The summed E-state index contributed by atoms with van der Waals surface area (Å²) in [5.74, 6) is 1.73. The monoisotopic (exact) mass is 385 g/mol. The number of nitrogens with one attached hydrogen (secondary N) is 1. The van der Waals surface area contributed by atoms with Gasteiger partial charge in [-0.3, -0.25) is 4.99 Å². The zero-order valence-corrected chi connectivity index (χ0v) is 16.6. The van der Waals surface area contributed by atoms with Gasteiger partial charge in [0.25, 0.3) is 0 Å². The first kappa shape index (κ1) is 20.2. The molecule has 0 amide bonds. The highest BCUT2D eigenvalue weighted by Crippen LogP contribution is 2.30. The highest BCUT2D eigenvalue weighted by Gasteiger charge is 2.27. The maximum atomic E-state index is 9.95. The third-order valence-electron chi connectivity index (χ3n) is 4.97. The van der Waals surface area contributed by atoms with Gasteiger partial charge < -0.3 is 24.2 Å². The first-order valence-electron chi connectivity index (χ1n) is 9.73. The fourth-order valence-electron chi connectivity index (χ4n) is 3.48. The van der Waals surface area contributed by atoms with Crippen molar-refractivity contribution in [3.63, 3.8) is 0 Å². The van der Waals surface area contributed by atoms with E-state index in [0.29, 0.717) is 13.2 Å². The van der Waals surface area contributed by atoms with Crippen molar-refractivity contribution >= 4 is 6.21 Å². The van der Waals surface area contributed by atoms with E-state index in [0.717, 1.165) is 48.9 Å². The number of phenols is 1. The molecule has 0 unspecified atom stereocenters. The fraction of sp³-hybridized carbons (Fsp3) is 0.409. The van der Waals surface area contributed by atoms with E-state index in [-0.39, 0.29) is 11.8 Å². The summed E-state index contributed by atoms with van der Waals surface area (Å²) in [7, 11) is 1.66. The van der Waals surface area contributed by atoms with Crippen molar-refractivity contribution in [2.45, 2.75) is 13.0 Å². The molecular formula is C22H29N2O4+. The fourth-order valence-corrected chi connectivity index (χ4v) is 3.48. The summed E-state index contributed by atoms with van der Waals surface area (Å²) < 4.78 is 16.7.